The maximum Gasteiger partial charge on any atom is 0.164 e. The zero-order valence-electron chi connectivity index (χ0n) is 67.1. The molecule has 3 aromatic heterocycles. The molecule has 7 nitrogen and oxygen atoms in total. The van der Waals surface area contributed by atoms with E-state index in [2.05, 4.69) is 441 Å². The third-order valence-corrected chi connectivity index (χ3v) is 22.7. The Morgan fingerprint density at radius 3 is 0.525 bits per heavy atom. The van der Waals surface area contributed by atoms with Crippen LogP contribution in [0.3, 0.4) is 0 Å². The Balaban J connectivity index is 0.757. The smallest absolute Gasteiger partial charge is 0.164 e. The van der Waals surface area contributed by atoms with Crippen molar-refractivity contribution in [3.05, 3.63) is 399 Å². The molecule has 0 spiro atoms. The van der Waals surface area contributed by atoms with Gasteiger partial charge in [0.25, 0.3) is 0 Å². The van der Waals surface area contributed by atoms with Gasteiger partial charge in [0.2, 0.25) is 0 Å². The lowest BCUT2D eigenvalue weighted by atomic mass is 9.82. The van der Waals surface area contributed by atoms with E-state index in [-0.39, 0.29) is 10.8 Å². The fraction of sp³-hybridized carbons (Fsp3) is 0.0811. The predicted octanol–water partition coefficient (Wildman–Crippen LogP) is 29.0. The Morgan fingerprint density at radius 2 is 0.339 bits per heavy atom. The molecular formula is C111H85N7. The summed E-state index contributed by atoms with van der Waals surface area (Å²) in [7, 11) is 2.24. The van der Waals surface area contributed by atoms with Gasteiger partial charge in [0, 0.05) is 62.3 Å². The summed E-state index contributed by atoms with van der Waals surface area (Å²) in [6.45, 7) is 13.9. The summed E-state index contributed by atoms with van der Waals surface area (Å²) in [6, 6.07) is 139. The normalized spacial score (nSPS) is 11.7. The molecule has 118 heavy (non-hydrogen) atoms. The Bertz CT molecular complexity index is 5980. The molecular weight excluding hydrogens is 1430 g/mol. The molecule has 0 unspecified atom stereocenters. The highest BCUT2D eigenvalue weighted by Gasteiger charge is 2.27. The van der Waals surface area contributed by atoms with E-state index in [1.165, 1.54) is 21.9 Å². The number of fused-ring (bicyclic) bond motifs is 3. The first-order chi connectivity index (χ1) is 57.6. The molecule has 0 fully saturated rings. The number of nitrogens with zero attached hydrogens (tertiary/aromatic N) is 7. The summed E-state index contributed by atoms with van der Waals surface area (Å²) in [5, 5.41) is 2.40. The quantitative estimate of drug-likeness (QED) is 0.0959. The second-order valence-corrected chi connectivity index (χ2v) is 32.8. The Hall–Kier alpha value is -14.7. The highest BCUT2D eigenvalue weighted by molar-refractivity contribution is 6.17. The summed E-state index contributed by atoms with van der Waals surface area (Å²) < 4.78 is 2.44. The lowest BCUT2D eigenvalue weighted by Crippen LogP contribution is -2.11. The minimum Gasteiger partial charge on any atom is -0.343 e. The van der Waals surface area contributed by atoms with Crippen LogP contribution in [0.15, 0.2) is 388 Å². The van der Waals surface area contributed by atoms with Crippen LogP contribution in [-0.4, -0.2) is 34.5 Å². The lowest BCUT2D eigenvalue weighted by molar-refractivity contribution is 0.590. The Kier molecular flexibility index (Phi) is 19.3. The van der Waals surface area contributed by atoms with Crippen LogP contribution in [-0.2, 0) is 17.9 Å². The molecule has 0 atom stereocenters. The first kappa shape index (κ1) is 73.5. The molecule has 0 aliphatic carbocycles. The van der Waals surface area contributed by atoms with Crippen LogP contribution < -0.4 is 0 Å². The summed E-state index contributed by atoms with van der Waals surface area (Å²) in [5.74, 6) is 3.44. The molecule has 0 aliphatic rings. The van der Waals surface area contributed by atoms with Gasteiger partial charge in [-0.2, -0.15) is 0 Å². The number of benzene rings is 16. The van der Waals surface area contributed by atoms with Crippen LogP contribution in [0.4, 0.5) is 0 Å². The SMILES string of the molecule is Cn1c2c(-c3ccc(-c4nc(-c5cc(-c6ccccc6)cc(-c6ccccc6)c5)nc(-c5cc(-c6ccccc6)cc(-c6ccccc6)c5)n4)cc3)cc(C(C)(C)C)cc2c2cc(C(C)(C)C)cc(-c3ccc(-c4nc(-c5cc(-c6ccccc6)cc(-c6ccccc6)c5)nc(-c5cc(-c6ccccc6)cc(-c6ccccc6)c5)n4)cc3)c21. The van der Waals surface area contributed by atoms with Crippen molar-refractivity contribution in [1.29, 1.82) is 0 Å². The van der Waals surface area contributed by atoms with Crippen LogP contribution in [0.5, 0.6) is 0 Å². The average molecular weight is 1520 g/mol. The fourth-order valence-electron chi connectivity index (χ4n) is 16.3. The topological polar surface area (TPSA) is 82.3 Å². The monoisotopic (exact) mass is 1520 g/mol. The van der Waals surface area contributed by atoms with Crippen molar-refractivity contribution in [2.45, 2.75) is 52.4 Å². The van der Waals surface area contributed by atoms with Gasteiger partial charge in [0.15, 0.2) is 34.9 Å². The van der Waals surface area contributed by atoms with Crippen molar-refractivity contribution >= 4 is 21.8 Å². The molecule has 7 heteroatoms. The van der Waals surface area contributed by atoms with Crippen molar-refractivity contribution in [1.82, 2.24) is 34.5 Å². The first-order valence-electron chi connectivity index (χ1n) is 40.5. The van der Waals surface area contributed by atoms with Gasteiger partial charge >= 0.3 is 0 Å². The highest BCUT2D eigenvalue weighted by atomic mass is 15.0. The number of rotatable bonds is 16. The Morgan fingerprint density at radius 1 is 0.169 bits per heavy atom. The average Bonchev–Trinajstić information content (AvgIpc) is 1.56. The molecule has 19 aromatic rings. The molecule has 0 aliphatic heterocycles. The van der Waals surface area contributed by atoms with Gasteiger partial charge in [0.05, 0.1) is 11.0 Å². The standard InChI is InChI=1S/C111H85N7/c1-110(2,3)96-68-98(80-48-52-82(53-49-80)104-112-106(92-60-84(72-32-16-8-17-33-72)56-85(61-92)73-34-18-9-19-35-73)116-107(113-104)93-62-86(74-36-20-10-21-37-74)57-87(63-93)75-38-22-11-23-39-75)102-100(70-96)101-71-97(111(4,5)6)69-99(103(101)118(102)7)81-50-54-83(55-51-81)105-114-108(94-64-88(76-40-24-12-25-41-76)58-89(65-94)77-42-26-13-27-43-77)117-109(115-105)95-66-90(78-44-28-14-29-45-78)59-91(67-95)79-46-30-15-31-47-79/h8-71H,1-7H3. The number of aromatic nitrogens is 7. The van der Waals surface area contributed by atoms with E-state index in [4.69, 9.17) is 29.9 Å². The molecule has 19 rings (SSSR count). The minimum atomic E-state index is -0.197. The molecule has 0 N–H and O–H groups in total. The molecule has 0 bridgehead atoms. The van der Waals surface area contributed by atoms with E-state index in [0.717, 1.165) is 156 Å². The first-order valence-corrected chi connectivity index (χ1v) is 40.5. The van der Waals surface area contributed by atoms with Crippen LogP contribution >= 0.6 is 0 Å². The molecule has 0 radical (unpaired) electrons. The molecule has 0 saturated heterocycles. The van der Waals surface area contributed by atoms with Crippen LogP contribution in [0, 0.1) is 0 Å². The number of hydrogen-bond donors (Lipinski definition) is 0. The van der Waals surface area contributed by atoms with Gasteiger partial charge in [-0.05, 0) is 219 Å². The zero-order chi connectivity index (χ0) is 80.0. The summed E-state index contributed by atoms with van der Waals surface area (Å²) in [4.78, 5) is 33.0. The van der Waals surface area contributed by atoms with E-state index in [1.807, 2.05) is 0 Å². The molecule has 0 saturated carbocycles. The minimum absolute atomic E-state index is 0.197. The van der Waals surface area contributed by atoms with Crippen LogP contribution in [0.1, 0.15) is 52.7 Å². The number of aryl methyl sites for hydroxylation is 1. The predicted molar refractivity (Wildman–Crippen MR) is 492 cm³/mol. The van der Waals surface area contributed by atoms with Crippen molar-refractivity contribution in [2.75, 3.05) is 0 Å². The van der Waals surface area contributed by atoms with Gasteiger partial charge in [-0.25, -0.2) is 29.9 Å². The highest BCUT2D eigenvalue weighted by Crippen LogP contribution is 2.47. The van der Waals surface area contributed by atoms with E-state index in [1.54, 1.807) is 0 Å². The van der Waals surface area contributed by atoms with E-state index in [0.29, 0.717) is 34.9 Å². The zero-order valence-corrected chi connectivity index (χ0v) is 67.1. The third kappa shape index (κ3) is 14.9. The molecule has 3 heterocycles. The van der Waals surface area contributed by atoms with E-state index < -0.39 is 0 Å². The lowest BCUT2D eigenvalue weighted by Gasteiger charge is -2.22. The summed E-state index contributed by atoms with van der Waals surface area (Å²) in [6.07, 6.45) is 0. The van der Waals surface area contributed by atoms with Crippen molar-refractivity contribution < 1.29 is 0 Å². The number of hydrogen-bond acceptors (Lipinski definition) is 6. The van der Waals surface area contributed by atoms with E-state index in [9.17, 15) is 0 Å². The second kappa shape index (κ2) is 30.9. The largest absolute Gasteiger partial charge is 0.343 e. The van der Waals surface area contributed by atoms with Gasteiger partial charge in [0.1, 0.15) is 0 Å². The van der Waals surface area contributed by atoms with Crippen molar-refractivity contribution in [3.63, 3.8) is 0 Å². The second-order valence-electron chi connectivity index (χ2n) is 32.8. The Labute approximate surface area is 690 Å². The van der Waals surface area contributed by atoms with Gasteiger partial charge < -0.3 is 4.57 Å². The molecule has 16 aromatic carbocycles. The fourth-order valence-corrected chi connectivity index (χ4v) is 16.3. The van der Waals surface area contributed by atoms with Crippen molar-refractivity contribution in [3.8, 4) is 180 Å². The van der Waals surface area contributed by atoms with Gasteiger partial charge in [-0.1, -0.05) is 333 Å². The maximum absolute atomic E-state index is 5.51. The van der Waals surface area contributed by atoms with Gasteiger partial charge in [-0.3, -0.25) is 0 Å². The molecule has 0 amide bonds. The van der Waals surface area contributed by atoms with Crippen LogP contribution in [0.25, 0.3) is 201 Å². The maximum atomic E-state index is 5.51. The summed E-state index contributed by atoms with van der Waals surface area (Å²) in [5.41, 5.74) is 31.5. The third-order valence-electron chi connectivity index (χ3n) is 22.7. The molecule has 564 valence electrons. The van der Waals surface area contributed by atoms with Crippen molar-refractivity contribution in [2.24, 2.45) is 7.05 Å². The summed E-state index contributed by atoms with van der Waals surface area (Å²) >= 11 is 0. The van der Waals surface area contributed by atoms with Crippen LogP contribution in [0.2, 0.25) is 0 Å². The van der Waals surface area contributed by atoms with E-state index >= 15 is 0 Å². The van der Waals surface area contributed by atoms with Gasteiger partial charge in [-0.15, -0.1) is 0 Å².